The highest BCUT2D eigenvalue weighted by atomic mass is 32.2. The summed E-state index contributed by atoms with van der Waals surface area (Å²) in [5, 5.41) is 2.85. The van der Waals surface area contributed by atoms with Crippen LogP contribution in [0.2, 0.25) is 0 Å². The van der Waals surface area contributed by atoms with E-state index in [2.05, 4.69) is 17.1 Å². The van der Waals surface area contributed by atoms with E-state index in [4.69, 9.17) is 0 Å². The first-order valence-corrected chi connectivity index (χ1v) is 12.7. The highest BCUT2D eigenvalue weighted by Gasteiger charge is 2.23. The maximum Gasteiger partial charge on any atom is 0.243 e. The highest BCUT2D eigenvalue weighted by molar-refractivity contribution is 7.98. The molecule has 6 nitrogen and oxygen atoms in total. The lowest BCUT2D eigenvalue weighted by Crippen LogP contribution is -2.42. The van der Waals surface area contributed by atoms with Crippen molar-refractivity contribution in [2.45, 2.75) is 54.9 Å². The molecule has 1 atom stereocenters. The van der Waals surface area contributed by atoms with Crippen molar-refractivity contribution in [1.29, 1.82) is 0 Å². The quantitative estimate of drug-likeness (QED) is 0.459. The first-order valence-electron chi connectivity index (χ1n) is 9.99. The number of hydrogen-bond acceptors (Lipinski definition) is 5. The van der Waals surface area contributed by atoms with E-state index in [9.17, 15) is 13.2 Å². The van der Waals surface area contributed by atoms with Gasteiger partial charge in [-0.15, -0.1) is 11.8 Å². The standard InChI is InChI=1S/C20H33N3O3S2/c1-4-17-8-5-6-14-23(17)15-7-13-21-20(24)16-22(2)28(25,26)19-11-9-18(27-3)10-12-19/h9-12,17H,4-8,13-16H2,1-3H3,(H,21,24)/t17-/m0/s1. The molecule has 1 saturated heterocycles. The van der Waals surface area contributed by atoms with Crippen molar-refractivity contribution in [1.82, 2.24) is 14.5 Å². The van der Waals surface area contributed by atoms with Crippen molar-refractivity contribution in [2.75, 3.05) is 39.5 Å². The summed E-state index contributed by atoms with van der Waals surface area (Å²) in [6, 6.07) is 7.38. The molecule has 1 heterocycles. The summed E-state index contributed by atoms with van der Waals surface area (Å²) >= 11 is 1.55. The van der Waals surface area contributed by atoms with E-state index >= 15 is 0 Å². The molecule has 1 aromatic rings. The number of nitrogens with zero attached hydrogens (tertiary/aromatic N) is 2. The van der Waals surface area contributed by atoms with Crippen LogP contribution >= 0.6 is 11.8 Å². The van der Waals surface area contributed by atoms with E-state index in [1.54, 1.807) is 36.0 Å². The van der Waals surface area contributed by atoms with Gasteiger partial charge in [-0.3, -0.25) is 4.79 Å². The third kappa shape index (κ3) is 6.47. The Bertz CT molecular complexity index is 723. The van der Waals surface area contributed by atoms with Gasteiger partial charge in [-0.05, 0) is 62.7 Å². The van der Waals surface area contributed by atoms with Gasteiger partial charge >= 0.3 is 0 Å². The van der Waals surface area contributed by atoms with Crippen molar-refractivity contribution in [3.63, 3.8) is 0 Å². The van der Waals surface area contributed by atoms with Crippen molar-refractivity contribution in [2.24, 2.45) is 0 Å². The van der Waals surface area contributed by atoms with Crippen molar-refractivity contribution < 1.29 is 13.2 Å². The molecule has 1 aromatic carbocycles. The zero-order valence-corrected chi connectivity index (χ0v) is 18.8. The molecule has 1 amide bonds. The van der Waals surface area contributed by atoms with E-state index in [1.165, 1.54) is 32.7 Å². The monoisotopic (exact) mass is 427 g/mol. The second-order valence-corrected chi connectivity index (χ2v) is 10.2. The second-order valence-electron chi connectivity index (χ2n) is 7.23. The fraction of sp³-hybridized carbons (Fsp3) is 0.650. The van der Waals surface area contributed by atoms with Crippen LogP contribution in [0.3, 0.4) is 0 Å². The van der Waals surface area contributed by atoms with Crippen LogP contribution in [0, 0.1) is 0 Å². The molecule has 1 aliphatic rings. The molecule has 28 heavy (non-hydrogen) atoms. The van der Waals surface area contributed by atoms with E-state index in [1.807, 2.05) is 6.26 Å². The van der Waals surface area contributed by atoms with Gasteiger partial charge in [0, 0.05) is 31.1 Å². The van der Waals surface area contributed by atoms with E-state index in [0.29, 0.717) is 12.6 Å². The minimum absolute atomic E-state index is 0.173. The van der Waals surface area contributed by atoms with Crippen LogP contribution < -0.4 is 5.32 Å². The Labute approximate surface area is 174 Å². The Morgan fingerprint density at radius 1 is 1.29 bits per heavy atom. The Morgan fingerprint density at radius 3 is 2.64 bits per heavy atom. The van der Waals surface area contributed by atoms with Gasteiger partial charge in [0.1, 0.15) is 0 Å². The lowest BCUT2D eigenvalue weighted by molar-refractivity contribution is -0.121. The first kappa shape index (κ1) is 23.2. The van der Waals surface area contributed by atoms with Crippen LogP contribution in [0.25, 0.3) is 0 Å². The number of thioether (sulfide) groups is 1. The molecule has 0 spiro atoms. The lowest BCUT2D eigenvalue weighted by Gasteiger charge is -2.35. The number of rotatable bonds is 10. The Kier molecular flexibility index (Phi) is 9.27. The number of nitrogens with one attached hydrogen (secondary N) is 1. The lowest BCUT2D eigenvalue weighted by atomic mass is 10.00. The maximum atomic E-state index is 12.6. The fourth-order valence-corrected chi connectivity index (χ4v) is 5.13. The largest absolute Gasteiger partial charge is 0.355 e. The highest BCUT2D eigenvalue weighted by Crippen LogP contribution is 2.20. The summed E-state index contributed by atoms with van der Waals surface area (Å²) in [5.41, 5.74) is 0. The molecule has 1 aliphatic heterocycles. The van der Waals surface area contributed by atoms with Crippen molar-refractivity contribution in [3.8, 4) is 0 Å². The van der Waals surface area contributed by atoms with Gasteiger partial charge in [0.25, 0.3) is 0 Å². The Morgan fingerprint density at radius 2 is 2.00 bits per heavy atom. The summed E-state index contributed by atoms with van der Waals surface area (Å²) in [7, 11) is -2.22. The first-order chi connectivity index (χ1) is 13.4. The number of benzene rings is 1. The van der Waals surface area contributed by atoms with E-state index in [-0.39, 0.29) is 17.3 Å². The second kappa shape index (κ2) is 11.2. The summed E-state index contributed by atoms with van der Waals surface area (Å²) < 4.78 is 26.3. The van der Waals surface area contributed by atoms with Gasteiger partial charge in [0.05, 0.1) is 11.4 Å². The summed E-state index contributed by atoms with van der Waals surface area (Å²) in [4.78, 5) is 15.9. The van der Waals surface area contributed by atoms with Crippen LogP contribution in [0.4, 0.5) is 0 Å². The number of carbonyl (C=O) groups is 1. The summed E-state index contributed by atoms with van der Waals surface area (Å²) in [5.74, 6) is -0.266. The van der Waals surface area contributed by atoms with Gasteiger partial charge in [0.2, 0.25) is 15.9 Å². The van der Waals surface area contributed by atoms with Crippen LogP contribution in [0.5, 0.6) is 0 Å². The summed E-state index contributed by atoms with van der Waals surface area (Å²) in [6.07, 6.45) is 7.83. The number of hydrogen-bond donors (Lipinski definition) is 1. The molecule has 0 bridgehead atoms. The molecule has 0 radical (unpaired) electrons. The predicted octanol–water partition coefficient (Wildman–Crippen LogP) is 2.80. The minimum atomic E-state index is -3.66. The number of piperidine rings is 1. The molecule has 1 N–H and O–H groups in total. The minimum Gasteiger partial charge on any atom is -0.355 e. The van der Waals surface area contributed by atoms with Gasteiger partial charge in [-0.1, -0.05) is 13.3 Å². The molecular weight excluding hydrogens is 394 g/mol. The average Bonchev–Trinajstić information content (AvgIpc) is 2.71. The number of likely N-dealkylation sites (tertiary alicyclic amines) is 1. The normalized spacial score (nSPS) is 18.4. The topological polar surface area (TPSA) is 69.7 Å². The zero-order valence-electron chi connectivity index (χ0n) is 17.2. The molecule has 0 aromatic heterocycles. The number of sulfonamides is 1. The Hall–Kier alpha value is -1.09. The summed E-state index contributed by atoms with van der Waals surface area (Å²) in [6.45, 7) is 4.75. The van der Waals surface area contributed by atoms with Crippen LogP contribution in [-0.2, 0) is 14.8 Å². The van der Waals surface area contributed by atoms with E-state index in [0.717, 1.165) is 28.7 Å². The van der Waals surface area contributed by atoms with Crippen molar-refractivity contribution in [3.05, 3.63) is 24.3 Å². The van der Waals surface area contributed by atoms with Crippen molar-refractivity contribution >= 4 is 27.7 Å². The number of amides is 1. The molecule has 1 fully saturated rings. The SMILES string of the molecule is CC[C@H]1CCCCN1CCCNC(=O)CN(C)S(=O)(=O)c1ccc(SC)cc1. The molecule has 0 unspecified atom stereocenters. The van der Waals surface area contributed by atoms with Gasteiger partial charge in [0.15, 0.2) is 0 Å². The van der Waals surface area contributed by atoms with E-state index < -0.39 is 10.0 Å². The smallest absolute Gasteiger partial charge is 0.243 e. The van der Waals surface area contributed by atoms with Crippen LogP contribution in [0.15, 0.2) is 34.1 Å². The third-order valence-corrected chi connectivity index (χ3v) is 7.86. The third-order valence-electron chi connectivity index (χ3n) is 5.30. The maximum absolute atomic E-state index is 12.6. The molecule has 2 rings (SSSR count). The Balaban J connectivity index is 1.76. The molecule has 8 heteroatoms. The van der Waals surface area contributed by atoms with Gasteiger partial charge < -0.3 is 10.2 Å². The molecule has 0 aliphatic carbocycles. The predicted molar refractivity (Wildman–Crippen MR) is 115 cm³/mol. The molecule has 0 saturated carbocycles. The van der Waals surface area contributed by atoms with Crippen LogP contribution in [-0.4, -0.2) is 69.1 Å². The van der Waals surface area contributed by atoms with Gasteiger partial charge in [-0.25, -0.2) is 8.42 Å². The molecular formula is C20H33N3O3S2. The van der Waals surface area contributed by atoms with Crippen LogP contribution in [0.1, 0.15) is 39.0 Å². The molecule has 158 valence electrons. The zero-order chi connectivity index (χ0) is 20.6. The number of carbonyl (C=O) groups excluding carboxylic acids is 1. The fourth-order valence-electron chi connectivity index (χ4n) is 3.60. The average molecular weight is 428 g/mol. The number of likely N-dealkylation sites (N-methyl/N-ethyl adjacent to an activating group) is 1. The van der Waals surface area contributed by atoms with Gasteiger partial charge in [-0.2, -0.15) is 4.31 Å².